The van der Waals surface area contributed by atoms with Gasteiger partial charge in [0.1, 0.15) is 5.69 Å². The molecule has 1 aliphatic heterocycles. The summed E-state index contributed by atoms with van der Waals surface area (Å²) in [6.07, 6.45) is 1.72. The number of anilines is 1. The Bertz CT molecular complexity index is 1310. The summed E-state index contributed by atoms with van der Waals surface area (Å²) in [5.41, 5.74) is 3.53. The molecule has 2 aromatic carbocycles. The summed E-state index contributed by atoms with van der Waals surface area (Å²) >= 11 is 0. The highest BCUT2D eigenvalue weighted by Crippen LogP contribution is 2.24. The number of hydrogen-bond acceptors (Lipinski definition) is 6. The van der Waals surface area contributed by atoms with E-state index in [1.807, 2.05) is 72.8 Å². The molecule has 0 saturated carbocycles. The monoisotopic (exact) mass is 457 g/mol. The quantitative estimate of drug-likeness (QED) is 0.455. The summed E-state index contributed by atoms with van der Waals surface area (Å²) in [7, 11) is -3.55. The van der Waals surface area contributed by atoms with Crippen LogP contribution in [0.1, 0.15) is 0 Å². The van der Waals surface area contributed by atoms with Crippen LogP contribution >= 0.6 is 0 Å². The van der Waals surface area contributed by atoms with Gasteiger partial charge in [-0.05, 0) is 47.5 Å². The number of aromatic nitrogens is 3. The lowest BCUT2D eigenvalue weighted by Crippen LogP contribution is -2.49. The smallest absolute Gasteiger partial charge is 0.243 e. The highest BCUT2D eigenvalue weighted by atomic mass is 32.2. The topological polar surface area (TPSA) is 79.3 Å². The Morgan fingerprint density at radius 1 is 0.636 bits per heavy atom. The Labute approximate surface area is 193 Å². The highest BCUT2D eigenvalue weighted by Gasteiger charge is 2.29. The van der Waals surface area contributed by atoms with E-state index in [0.717, 1.165) is 22.6 Å². The highest BCUT2D eigenvalue weighted by molar-refractivity contribution is 7.89. The molecule has 0 bridgehead atoms. The molecule has 1 aliphatic rings. The number of piperazine rings is 1. The predicted molar refractivity (Wildman–Crippen MR) is 128 cm³/mol. The lowest BCUT2D eigenvalue weighted by atomic mass is 10.1. The van der Waals surface area contributed by atoms with Crippen molar-refractivity contribution in [1.29, 1.82) is 0 Å². The Balaban J connectivity index is 1.25. The van der Waals surface area contributed by atoms with E-state index in [0.29, 0.717) is 36.8 Å². The molecule has 5 rings (SSSR count). The van der Waals surface area contributed by atoms with Gasteiger partial charge in [0.2, 0.25) is 10.0 Å². The van der Waals surface area contributed by atoms with Gasteiger partial charge in [0.05, 0.1) is 10.6 Å². The number of benzene rings is 2. The molecule has 0 N–H and O–H groups in total. The molecule has 4 aromatic rings. The fourth-order valence-corrected chi connectivity index (χ4v) is 5.32. The third-order valence-corrected chi connectivity index (χ3v) is 7.65. The Hall–Kier alpha value is -3.62. The lowest BCUT2D eigenvalue weighted by molar-refractivity contribution is 0.383. The van der Waals surface area contributed by atoms with E-state index < -0.39 is 10.0 Å². The maximum Gasteiger partial charge on any atom is 0.243 e. The van der Waals surface area contributed by atoms with Gasteiger partial charge in [-0.2, -0.15) is 4.31 Å². The second-order valence-electron chi connectivity index (χ2n) is 7.77. The average Bonchev–Trinajstić information content (AvgIpc) is 2.90. The van der Waals surface area contributed by atoms with Gasteiger partial charge in [-0.25, -0.2) is 8.42 Å². The largest absolute Gasteiger partial charge is 0.352 e. The number of nitrogens with zero attached hydrogens (tertiary/aromatic N) is 5. The van der Waals surface area contributed by atoms with E-state index >= 15 is 0 Å². The van der Waals surface area contributed by atoms with E-state index in [9.17, 15) is 8.42 Å². The molecule has 0 radical (unpaired) electrons. The molecule has 166 valence electrons. The first-order chi connectivity index (χ1) is 16.1. The van der Waals surface area contributed by atoms with Gasteiger partial charge in [0.25, 0.3) is 0 Å². The van der Waals surface area contributed by atoms with Crippen molar-refractivity contribution in [3.8, 4) is 22.5 Å². The molecular weight excluding hydrogens is 434 g/mol. The van der Waals surface area contributed by atoms with Crippen molar-refractivity contribution in [2.24, 2.45) is 0 Å². The zero-order chi connectivity index (χ0) is 22.7. The number of sulfonamides is 1. The van der Waals surface area contributed by atoms with Crippen LogP contribution in [0.15, 0.2) is 96.0 Å². The number of hydrogen-bond donors (Lipinski definition) is 0. The third kappa shape index (κ3) is 4.48. The SMILES string of the molecule is O=S(=O)(c1ccc(-c2ccccc2)cc1)N1CCN(c2ccc(-c3ccccn3)nn2)CC1. The fraction of sp³-hybridized carbons (Fsp3) is 0.160. The van der Waals surface area contributed by atoms with Gasteiger partial charge in [-0.1, -0.05) is 48.5 Å². The maximum absolute atomic E-state index is 13.2. The third-order valence-electron chi connectivity index (χ3n) is 5.74. The van der Waals surface area contributed by atoms with Crippen molar-refractivity contribution in [1.82, 2.24) is 19.5 Å². The van der Waals surface area contributed by atoms with Crippen LogP contribution < -0.4 is 4.90 Å². The molecule has 33 heavy (non-hydrogen) atoms. The van der Waals surface area contributed by atoms with Crippen molar-refractivity contribution < 1.29 is 8.42 Å². The molecule has 1 fully saturated rings. The van der Waals surface area contributed by atoms with E-state index in [4.69, 9.17) is 0 Å². The fourth-order valence-electron chi connectivity index (χ4n) is 3.90. The Kier molecular flexibility index (Phi) is 5.85. The van der Waals surface area contributed by atoms with Crippen LogP contribution in [0.2, 0.25) is 0 Å². The predicted octanol–water partition coefficient (Wildman–Crippen LogP) is 3.72. The van der Waals surface area contributed by atoms with E-state index in [1.165, 1.54) is 4.31 Å². The van der Waals surface area contributed by atoms with Crippen molar-refractivity contribution in [3.63, 3.8) is 0 Å². The minimum Gasteiger partial charge on any atom is -0.352 e. The zero-order valence-electron chi connectivity index (χ0n) is 17.9. The van der Waals surface area contributed by atoms with Crippen LogP contribution in [0.3, 0.4) is 0 Å². The standard InChI is InChI=1S/C25H23N5O2S/c31-33(32,22-11-9-21(10-12-22)20-6-2-1-3-7-20)30-18-16-29(17-19-30)25-14-13-24(27-28-25)23-8-4-5-15-26-23/h1-15H,16-19H2. The Morgan fingerprint density at radius 2 is 1.33 bits per heavy atom. The summed E-state index contributed by atoms with van der Waals surface area (Å²) < 4.78 is 27.8. The van der Waals surface area contributed by atoms with Crippen LogP contribution in [0.5, 0.6) is 0 Å². The van der Waals surface area contributed by atoms with Crippen LogP contribution in [0.25, 0.3) is 22.5 Å². The molecule has 3 heterocycles. The Morgan fingerprint density at radius 3 is 1.97 bits per heavy atom. The van der Waals surface area contributed by atoms with E-state index in [-0.39, 0.29) is 0 Å². The second kappa shape index (κ2) is 9.09. The molecule has 2 aromatic heterocycles. The summed E-state index contributed by atoms with van der Waals surface area (Å²) in [4.78, 5) is 6.66. The molecule has 0 unspecified atom stereocenters. The molecule has 8 heteroatoms. The van der Waals surface area contributed by atoms with Crippen molar-refractivity contribution in [3.05, 3.63) is 91.1 Å². The second-order valence-corrected chi connectivity index (χ2v) is 9.71. The summed E-state index contributed by atoms with van der Waals surface area (Å²) in [5.74, 6) is 0.735. The first-order valence-corrected chi connectivity index (χ1v) is 12.2. The molecule has 0 amide bonds. The van der Waals surface area contributed by atoms with Crippen LogP contribution in [-0.2, 0) is 10.0 Å². The summed E-state index contributed by atoms with van der Waals surface area (Å²) in [5, 5.41) is 8.62. The molecular formula is C25H23N5O2S. The first-order valence-electron chi connectivity index (χ1n) is 10.8. The van der Waals surface area contributed by atoms with Gasteiger partial charge in [-0.3, -0.25) is 4.98 Å². The summed E-state index contributed by atoms with van der Waals surface area (Å²) in [6.45, 7) is 1.90. The van der Waals surface area contributed by atoms with Crippen LogP contribution in [0, 0.1) is 0 Å². The molecule has 7 nitrogen and oxygen atoms in total. The molecule has 0 aliphatic carbocycles. The summed E-state index contributed by atoms with van der Waals surface area (Å²) in [6, 6.07) is 26.5. The minimum absolute atomic E-state index is 0.315. The van der Waals surface area contributed by atoms with Crippen molar-refractivity contribution in [2.45, 2.75) is 4.90 Å². The van der Waals surface area contributed by atoms with Crippen molar-refractivity contribution >= 4 is 15.8 Å². The van der Waals surface area contributed by atoms with Crippen LogP contribution in [-0.4, -0.2) is 54.1 Å². The lowest BCUT2D eigenvalue weighted by Gasteiger charge is -2.34. The van der Waals surface area contributed by atoms with Gasteiger partial charge >= 0.3 is 0 Å². The molecule has 1 saturated heterocycles. The first kappa shape index (κ1) is 21.2. The minimum atomic E-state index is -3.55. The zero-order valence-corrected chi connectivity index (χ0v) is 18.8. The van der Waals surface area contributed by atoms with Gasteiger partial charge < -0.3 is 4.90 Å². The van der Waals surface area contributed by atoms with Crippen molar-refractivity contribution in [2.75, 3.05) is 31.1 Å². The van der Waals surface area contributed by atoms with Gasteiger partial charge in [0, 0.05) is 32.4 Å². The average molecular weight is 458 g/mol. The molecule has 0 atom stereocenters. The maximum atomic E-state index is 13.2. The normalized spacial score (nSPS) is 14.8. The van der Waals surface area contributed by atoms with Crippen LogP contribution in [0.4, 0.5) is 5.82 Å². The number of rotatable bonds is 5. The molecule has 0 spiro atoms. The number of pyridine rings is 1. The van der Waals surface area contributed by atoms with Gasteiger partial charge in [0.15, 0.2) is 5.82 Å². The van der Waals surface area contributed by atoms with E-state index in [2.05, 4.69) is 20.1 Å². The van der Waals surface area contributed by atoms with Gasteiger partial charge in [-0.15, -0.1) is 10.2 Å². The van der Waals surface area contributed by atoms with E-state index in [1.54, 1.807) is 18.3 Å².